The Kier molecular flexibility index (Phi) is 4.19. The predicted molar refractivity (Wildman–Crippen MR) is 71.0 cm³/mol. The first kappa shape index (κ1) is 12.6. The molecule has 0 aromatic heterocycles. The van der Waals surface area contributed by atoms with Gasteiger partial charge < -0.3 is 10.5 Å². The lowest BCUT2D eigenvalue weighted by molar-refractivity contribution is 0.0618. The highest BCUT2D eigenvalue weighted by Gasteiger charge is 2.19. The molecule has 0 aliphatic carbocycles. The van der Waals surface area contributed by atoms with Crippen molar-refractivity contribution in [2.45, 2.75) is 39.2 Å². The first-order valence-corrected chi connectivity index (χ1v) is 6.58. The minimum atomic E-state index is 0.179. The summed E-state index contributed by atoms with van der Waals surface area (Å²) in [5.74, 6) is 0.735. The Hall–Kier alpha value is -0.860. The van der Waals surface area contributed by atoms with Gasteiger partial charge in [0.05, 0.1) is 0 Å². The van der Waals surface area contributed by atoms with Crippen molar-refractivity contribution in [2.75, 3.05) is 13.2 Å². The van der Waals surface area contributed by atoms with Crippen molar-refractivity contribution < 1.29 is 4.74 Å². The standard InChI is InChI=1S/C15H23NO/c1-11-4-3-5-14(12(11)2)15(16)10-13-6-8-17-9-7-13/h3-5,13,15H,6-10,16H2,1-2H3. The van der Waals surface area contributed by atoms with Gasteiger partial charge in [-0.2, -0.15) is 0 Å². The van der Waals surface area contributed by atoms with E-state index in [0.29, 0.717) is 0 Å². The molecule has 1 aliphatic heterocycles. The number of aryl methyl sites for hydroxylation is 1. The number of benzene rings is 1. The van der Waals surface area contributed by atoms with Crippen LogP contribution in [0.15, 0.2) is 18.2 Å². The van der Waals surface area contributed by atoms with Gasteiger partial charge in [-0.15, -0.1) is 0 Å². The quantitative estimate of drug-likeness (QED) is 0.870. The van der Waals surface area contributed by atoms with Crippen LogP contribution in [-0.4, -0.2) is 13.2 Å². The molecule has 1 heterocycles. The highest BCUT2D eigenvalue weighted by atomic mass is 16.5. The average molecular weight is 233 g/mol. The van der Waals surface area contributed by atoms with Crippen molar-refractivity contribution in [3.05, 3.63) is 34.9 Å². The number of hydrogen-bond donors (Lipinski definition) is 1. The Morgan fingerprint density at radius 1 is 1.29 bits per heavy atom. The second-order valence-electron chi connectivity index (χ2n) is 5.19. The fourth-order valence-corrected chi connectivity index (χ4v) is 2.64. The number of hydrogen-bond acceptors (Lipinski definition) is 2. The van der Waals surface area contributed by atoms with E-state index in [1.165, 1.54) is 29.5 Å². The minimum absolute atomic E-state index is 0.179. The lowest BCUT2D eigenvalue weighted by Crippen LogP contribution is -2.22. The summed E-state index contributed by atoms with van der Waals surface area (Å²) in [4.78, 5) is 0. The Bertz CT molecular complexity index is 369. The van der Waals surface area contributed by atoms with Gasteiger partial charge in [-0.1, -0.05) is 18.2 Å². The lowest BCUT2D eigenvalue weighted by atomic mass is 9.87. The second-order valence-corrected chi connectivity index (χ2v) is 5.19. The fraction of sp³-hybridized carbons (Fsp3) is 0.600. The van der Waals surface area contributed by atoms with Crippen LogP contribution in [0, 0.1) is 19.8 Å². The summed E-state index contributed by atoms with van der Waals surface area (Å²) in [6, 6.07) is 6.62. The van der Waals surface area contributed by atoms with Crippen molar-refractivity contribution in [1.82, 2.24) is 0 Å². The van der Waals surface area contributed by atoms with E-state index in [2.05, 4.69) is 32.0 Å². The van der Waals surface area contributed by atoms with Gasteiger partial charge in [-0.3, -0.25) is 0 Å². The Morgan fingerprint density at radius 2 is 2.00 bits per heavy atom. The third-order valence-corrected chi connectivity index (χ3v) is 3.97. The number of nitrogens with two attached hydrogens (primary N) is 1. The van der Waals surface area contributed by atoms with Crippen LogP contribution >= 0.6 is 0 Å². The summed E-state index contributed by atoms with van der Waals surface area (Å²) in [7, 11) is 0. The van der Waals surface area contributed by atoms with Crippen molar-refractivity contribution >= 4 is 0 Å². The van der Waals surface area contributed by atoms with E-state index in [1.54, 1.807) is 0 Å². The van der Waals surface area contributed by atoms with Crippen LogP contribution in [0.5, 0.6) is 0 Å². The molecule has 0 saturated carbocycles. The van der Waals surface area contributed by atoms with Crippen molar-refractivity contribution in [3.8, 4) is 0 Å². The molecule has 1 atom stereocenters. The molecule has 2 rings (SSSR count). The molecule has 0 amide bonds. The van der Waals surface area contributed by atoms with Gasteiger partial charge in [-0.05, 0) is 55.7 Å². The summed E-state index contributed by atoms with van der Waals surface area (Å²) in [5.41, 5.74) is 10.4. The average Bonchev–Trinajstić information content (AvgIpc) is 2.34. The lowest BCUT2D eigenvalue weighted by Gasteiger charge is -2.26. The van der Waals surface area contributed by atoms with Gasteiger partial charge in [0.15, 0.2) is 0 Å². The van der Waals surface area contributed by atoms with Gasteiger partial charge in [0.25, 0.3) is 0 Å². The molecule has 94 valence electrons. The zero-order valence-electron chi connectivity index (χ0n) is 10.9. The summed E-state index contributed by atoms with van der Waals surface area (Å²) in [6.45, 7) is 6.14. The Balaban J connectivity index is 2.03. The van der Waals surface area contributed by atoms with Crippen LogP contribution in [0.2, 0.25) is 0 Å². The molecule has 1 unspecified atom stereocenters. The maximum atomic E-state index is 6.35. The van der Waals surface area contributed by atoms with Gasteiger partial charge in [-0.25, -0.2) is 0 Å². The largest absolute Gasteiger partial charge is 0.381 e. The first-order chi connectivity index (χ1) is 8.18. The summed E-state index contributed by atoms with van der Waals surface area (Å²) < 4.78 is 5.39. The highest BCUT2D eigenvalue weighted by molar-refractivity contribution is 5.35. The van der Waals surface area contributed by atoms with Crippen LogP contribution in [0.4, 0.5) is 0 Å². The van der Waals surface area contributed by atoms with Crippen LogP contribution in [0.25, 0.3) is 0 Å². The molecule has 0 radical (unpaired) electrons. The minimum Gasteiger partial charge on any atom is -0.381 e. The Labute approximate surface area is 104 Å². The monoisotopic (exact) mass is 233 g/mol. The second kappa shape index (κ2) is 5.65. The number of rotatable bonds is 3. The summed E-state index contributed by atoms with van der Waals surface area (Å²) >= 11 is 0. The molecule has 1 aliphatic rings. The van der Waals surface area contributed by atoms with E-state index >= 15 is 0 Å². The molecular weight excluding hydrogens is 210 g/mol. The third kappa shape index (κ3) is 3.08. The molecule has 1 fully saturated rings. The smallest absolute Gasteiger partial charge is 0.0468 e. The molecule has 0 bridgehead atoms. The van der Waals surface area contributed by atoms with Crippen LogP contribution in [-0.2, 0) is 4.74 Å². The molecule has 2 nitrogen and oxygen atoms in total. The van der Waals surface area contributed by atoms with E-state index in [4.69, 9.17) is 10.5 Å². The van der Waals surface area contributed by atoms with Crippen LogP contribution in [0.1, 0.15) is 42.0 Å². The van der Waals surface area contributed by atoms with Gasteiger partial charge in [0, 0.05) is 19.3 Å². The zero-order chi connectivity index (χ0) is 12.3. The van der Waals surface area contributed by atoms with E-state index in [9.17, 15) is 0 Å². The molecular formula is C15H23NO. The maximum Gasteiger partial charge on any atom is 0.0468 e. The molecule has 2 heteroatoms. The molecule has 17 heavy (non-hydrogen) atoms. The number of ether oxygens (including phenoxy) is 1. The maximum absolute atomic E-state index is 6.35. The van der Waals surface area contributed by atoms with Gasteiger partial charge in [0.2, 0.25) is 0 Å². The highest BCUT2D eigenvalue weighted by Crippen LogP contribution is 2.28. The van der Waals surface area contributed by atoms with Crippen LogP contribution in [0.3, 0.4) is 0 Å². The normalized spacial score (nSPS) is 19.2. The van der Waals surface area contributed by atoms with E-state index < -0.39 is 0 Å². The van der Waals surface area contributed by atoms with Crippen molar-refractivity contribution in [2.24, 2.45) is 11.7 Å². The molecule has 1 aromatic carbocycles. The van der Waals surface area contributed by atoms with E-state index in [0.717, 1.165) is 25.6 Å². The van der Waals surface area contributed by atoms with Crippen molar-refractivity contribution in [1.29, 1.82) is 0 Å². The zero-order valence-corrected chi connectivity index (χ0v) is 10.9. The molecule has 1 saturated heterocycles. The van der Waals surface area contributed by atoms with E-state index in [1.807, 2.05) is 0 Å². The SMILES string of the molecule is Cc1cccc(C(N)CC2CCOCC2)c1C. The molecule has 0 spiro atoms. The van der Waals surface area contributed by atoms with Crippen LogP contribution < -0.4 is 5.73 Å². The fourth-order valence-electron chi connectivity index (χ4n) is 2.64. The first-order valence-electron chi connectivity index (χ1n) is 6.58. The molecule has 1 aromatic rings. The van der Waals surface area contributed by atoms with Gasteiger partial charge in [0.1, 0.15) is 0 Å². The summed E-state index contributed by atoms with van der Waals surface area (Å²) in [5, 5.41) is 0. The molecule has 2 N–H and O–H groups in total. The third-order valence-electron chi connectivity index (χ3n) is 3.97. The van der Waals surface area contributed by atoms with E-state index in [-0.39, 0.29) is 6.04 Å². The summed E-state index contributed by atoms with van der Waals surface area (Å²) in [6.07, 6.45) is 3.42. The van der Waals surface area contributed by atoms with Crippen molar-refractivity contribution in [3.63, 3.8) is 0 Å². The predicted octanol–water partition coefficient (Wildman–Crippen LogP) is 3.12. The Morgan fingerprint density at radius 3 is 2.71 bits per heavy atom. The van der Waals surface area contributed by atoms with Gasteiger partial charge >= 0.3 is 0 Å². The topological polar surface area (TPSA) is 35.2 Å².